The van der Waals surface area contributed by atoms with Gasteiger partial charge in [0.1, 0.15) is 23.0 Å². The van der Waals surface area contributed by atoms with Crippen LogP contribution in [0.5, 0.6) is 11.5 Å². The molecule has 1 aromatic heterocycles. The standard InChI is InChI=1S/C20H15FN2O2/c1-2-13-10-18(23-19(11-13)20(22)24)14-4-3-5-17(12-14)25-16-8-6-15(21)7-9-16/h2-12H,1H2,(H2,22,24). The number of benzene rings is 2. The quantitative estimate of drug-likeness (QED) is 0.751. The number of nitrogens with zero attached hydrogens (tertiary/aromatic N) is 1. The molecule has 2 aromatic carbocycles. The van der Waals surface area contributed by atoms with Gasteiger partial charge in [-0.25, -0.2) is 9.37 Å². The minimum atomic E-state index is -0.608. The number of hydrogen-bond acceptors (Lipinski definition) is 3. The van der Waals surface area contributed by atoms with E-state index in [2.05, 4.69) is 11.6 Å². The number of carbonyl (C=O) groups is 1. The lowest BCUT2D eigenvalue weighted by atomic mass is 10.1. The number of amides is 1. The van der Waals surface area contributed by atoms with Gasteiger partial charge in [-0.2, -0.15) is 0 Å². The van der Waals surface area contributed by atoms with Crippen molar-refractivity contribution >= 4 is 12.0 Å². The third kappa shape index (κ3) is 3.90. The van der Waals surface area contributed by atoms with Gasteiger partial charge in [0.05, 0.1) is 5.69 Å². The summed E-state index contributed by atoms with van der Waals surface area (Å²) in [7, 11) is 0. The maximum atomic E-state index is 13.0. The van der Waals surface area contributed by atoms with E-state index < -0.39 is 5.91 Å². The fourth-order valence-electron chi connectivity index (χ4n) is 2.30. The van der Waals surface area contributed by atoms with Gasteiger partial charge in [-0.05, 0) is 54.1 Å². The fourth-order valence-corrected chi connectivity index (χ4v) is 2.30. The van der Waals surface area contributed by atoms with Crippen LogP contribution in [-0.2, 0) is 0 Å². The number of rotatable bonds is 5. The second kappa shape index (κ2) is 6.97. The summed E-state index contributed by atoms with van der Waals surface area (Å²) in [4.78, 5) is 15.7. The fraction of sp³-hybridized carbons (Fsp3) is 0. The highest BCUT2D eigenvalue weighted by atomic mass is 19.1. The lowest BCUT2D eigenvalue weighted by molar-refractivity contribution is 0.0995. The lowest BCUT2D eigenvalue weighted by Crippen LogP contribution is -2.13. The zero-order valence-electron chi connectivity index (χ0n) is 13.3. The minimum absolute atomic E-state index is 0.164. The molecule has 2 N–H and O–H groups in total. The molecule has 0 aliphatic heterocycles. The Bertz CT molecular complexity index is 937. The van der Waals surface area contributed by atoms with E-state index in [0.29, 0.717) is 17.2 Å². The molecule has 124 valence electrons. The predicted molar refractivity (Wildman–Crippen MR) is 94.8 cm³/mol. The number of carbonyl (C=O) groups excluding carboxylic acids is 1. The number of primary amides is 1. The molecule has 0 unspecified atom stereocenters. The summed E-state index contributed by atoms with van der Waals surface area (Å²) in [6.07, 6.45) is 1.62. The van der Waals surface area contributed by atoms with Crippen molar-refractivity contribution in [1.29, 1.82) is 0 Å². The van der Waals surface area contributed by atoms with E-state index in [4.69, 9.17) is 10.5 Å². The number of pyridine rings is 1. The smallest absolute Gasteiger partial charge is 0.267 e. The molecule has 1 heterocycles. The summed E-state index contributed by atoms with van der Waals surface area (Å²) >= 11 is 0. The van der Waals surface area contributed by atoms with Crippen molar-refractivity contribution in [3.05, 3.63) is 84.3 Å². The average molecular weight is 334 g/mol. The molecule has 3 aromatic rings. The summed E-state index contributed by atoms with van der Waals surface area (Å²) in [5, 5.41) is 0. The summed E-state index contributed by atoms with van der Waals surface area (Å²) in [6.45, 7) is 3.71. The molecule has 3 rings (SSSR count). The van der Waals surface area contributed by atoms with E-state index in [1.165, 1.54) is 12.1 Å². The van der Waals surface area contributed by atoms with Crippen molar-refractivity contribution in [2.24, 2.45) is 5.73 Å². The molecule has 4 nitrogen and oxygen atoms in total. The van der Waals surface area contributed by atoms with E-state index in [-0.39, 0.29) is 11.5 Å². The number of hydrogen-bond donors (Lipinski definition) is 1. The van der Waals surface area contributed by atoms with Gasteiger partial charge in [-0.1, -0.05) is 24.8 Å². The van der Waals surface area contributed by atoms with E-state index in [0.717, 1.165) is 11.1 Å². The lowest BCUT2D eigenvalue weighted by Gasteiger charge is -2.09. The topological polar surface area (TPSA) is 65.2 Å². The third-order valence-corrected chi connectivity index (χ3v) is 3.51. The Balaban J connectivity index is 1.96. The molecule has 0 aliphatic rings. The first-order chi connectivity index (χ1) is 12.0. The van der Waals surface area contributed by atoms with Crippen molar-refractivity contribution in [2.45, 2.75) is 0 Å². The van der Waals surface area contributed by atoms with Gasteiger partial charge in [-0.15, -0.1) is 0 Å². The molecule has 5 heteroatoms. The highest BCUT2D eigenvalue weighted by Gasteiger charge is 2.09. The highest BCUT2D eigenvalue weighted by molar-refractivity contribution is 5.92. The van der Waals surface area contributed by atoms with Crippen LogP contribution in [0.2, 0.25) is 0 Å². The Hall–Kier alpha value is -3.47. The second-order valence-electron chi connectivity index (χ2n) is 5.32. The second-order valence-corrected chi connectivity index (χ2v) is 5.32. The van der Waals surface area contributed by atoms with Gasteiger partial charge in [0, 0.05) is 5.56 Å². The van der Waals surface area contributed by atoms with Crippen LogP contribution < -0.4 is 10.5 Å². The number of ether oxygens (including phenoxy) is 1. The summed E-state index contributed by atoms with van der Waals surface area (Å²) < 4.78 is 18.7. The van der Waals surface area contributed by atoms with Crippen LogP contribution in [0, 0.1) is 5.82 Å². The molecule has 0 saturated carbocycles. The molecular weight excluding hydrogens is 319 g/mol. The third-order valence-electron chi connectivity index (χ3n) is 3.51. The maximum Gasteiger partial charge on any atom is 0.267 e. The molecule has 1 amide bonds. The van der Waals surface area contributed by atoms with Crippen molar-refractivity contribution in [3.63, 3.8) is 0 Å². The molecule has 0 atom stereocenters. The largest absolute Gasteiger partial charge is 0.457 e. The summed E-state index contributed by atoms with van der Waals surface area (Å²) in [5.41, 5.74) is 7.58. The molecule has 0 aliphatic carbocycles. The van der Waals surface area contributed by atoms with Crippen LogP contribution in [0.4, 0.5) is 4.39 Å². The number of halogens is 1. The van der Waals surface area contributed by atoms with Crippen molar-refractivity contribution in [2.75, 3.05) is 0 Å². The number of aromatic nitrogens is 1. The molecule has 25 heavy (non-hydrogen) atoms. The van der Waals surface area contributed by atoms with Crippen LogP contribution in [0.25, 0.3) is 17.3 Å². The molecule has 0 fully saturated rings. The number of nitrogens with two attached hydrogens (primary N) is 1. The zero-order valence-corrected chi connectivity index (χ0v) is 13.3. The zero-order chi connectivity index (χ0) is 17.8. The monoisotopic (exact) mass is 334 g/mol. The Morgan fingerprint density at radius 3 is 2.52 bits per heavy atom. The van der Waals surface area contributed by atoms with Gasteiger partial charge < -0.3 is 10.5 Å². The Labute approximate surface area is 144 Å². The van der Waals surface area contributed by atoms with E-state index in [1.807, 2.05) is 6.07 Å². The minimum Gasteiger partial charge on any atom is -0.457 e. The normalized spacial score (nSPS) is 10.3. The molecule has 0 radical (unpaired) electrons. The van der Waals surface area contributed by atoms with Gasteiger partial charge in [0.15, 0.2) is 0 Å². The summed E-state index contributed by atoms with van der Waals surface area (Å²) in [6, 6.07) is 16.3. The van der Waals surface area contributed by atoms with Crippen molar-refractivity contribution in [3.8, 4) is 22.8 Å². The van der Waals surface area contributed by atoms with Crippen LogP contribution >= 0.6 is 0 Å². The van der Waals surface area contributed by atoms with E-state index >= 15 is 0 Å². The van der Waals surface area contributed by atoms with E-state index in [1.54, 1.807) is 48.5 Å². The van der Waals surface area contributed by atoms with Crippen LogP contribution in [0.1, 0.15) is 16.1 Å². The Kier molecular flexibility index (Phi) is 4.57. The predicted octanol–water partition coefficient (Wildman–Crippen LogP) is 4.42. The molecule has 0 bridgehead atoms. The highest BCUT2D eigenvalue weighted by Crippen LogP contribution is 2.27. The van der Waals surface area contributed by atoms with Crippen LogP contribution in [0.3, 0.4) is 0 Å². The molecule has 0 saturated heterocycles. The summed E-state index contributed by atoms with van der Waals surface area (Å²) in [5.74, 6) is 0.147. The van der Waals surface area contributed by atoms with Gasteiger partial charge in [0.25, 0.3) is 5.91 Å². The van der Waals surface area contributed by atoms with Crippen molar-refractivity contribution < 1.29 is 13.9 Å². The van der Waals surface area contributed by atoms with Gasteiger partial charge in [0.2, 0.25) is 0 Å². The average Bonchev–Trinajstić information content (AvgIpc) is 2.63. The van der Waals surface area contributed by atoms with Gasteiger partial charge >= 0.3 is 0 Å². The Morgan fingerprint density at radius 2 is 1.84 bits per heavy atom. The van der Waals surface area contributed by atoms with E-state index in [9.17, 15) is 9.18 Å². The molecular formula is C20H15FN2O2. The first-order valence-corrected chi connectivity index (χ1v) is 7.53. The van der Waals surface area contributed by atoms with Crippen LogP contribution in [-0.4, -0.2) is 10.9 Å². The van der Waals surface area contributed by atoms with Crippen molar-refractivity contribution in [1.82, 2.24) is 4.98 Å². The molecule has 0 spiro atoms. The SMILES string of the molecule is C=Cc1cc(C(N)=O)nc(-c2cccc(Oc3ccc(F)cc3)c2)c1. The first kappa shape index (κ1) is 16.4. The van der Waals surface area contributed by atoms with Gasteiger partial charge in [-0.3, -0.25) is 4.79 Å². The maximum absolute atomic E-state index is 13.0. The Morgan fingerprint density at radius 1 is 1.08 bits per heavy atom. The van der Waals surface area contributed by atoms with Crippen LogP contribution in [0.15, 0.2) is 67.2 Å². The first-order valence-electron chi connectivity index (χ1n) is 7.53.